The van der Waals surface area contributed by atoms with Crippen LogP contribution in [0.15, 0.2) is 43.0 Å². The number of benzene rings is 1. The molecule has 1 aromatic carbocycles. The minimum absolute atomic E-state index is 0.122. The molecule has 0 N–H and O–H groups in total. The van der Waals surface area contributed by atoms with Gasteiger partial charge in [-0.1, -0.05) is 36.4 Å². The quantitative estimate of drug-likeness (QED) is 0.595. The number of allylic oxidation sites excluding steroid dienone is 1. The van der Waals surface area contributed by atoms with Crippen LogP contribution in [0.3, 0.4) is 0 Å². The van der Waals surface area contributed by atoms with Crippen LogP contribution in [0.25, 0.3) is 0 Å². The average molecular weight is 322 g/mol. The Balaban J connectivity index is 1.83. The third-order valence-electron chi connectivity index (χ3n) is 4.87. The van der Waals surface area contributed by atoms with Crippen molar-refractivity contribution < 1.29 is 17.3 Å². The number of ether oxygens (including phenoxy) is 1. The Morgan fingerprint density at radius 2 is 2.00 bits per heavy atom. The van der Waals surface area contributed by atoms with Gasteiger partial charge in [0.05, 0.1) is 6.61 Å². The second-order valence-corrected chi connectivity index (χ2v) is 7.82. The molecule has 2 atom stereocenters. The van der Waals surface area contributed by atoms with Gasteiger partial charge in [-0.25, -0.2) is 4.18 Å². The fourth-order valence-electron chi connectivity index (χ4n) is 3.87. The highest BCUT2D eigenvalue weighted by Crippen LogP contribution is 2.58. The molecule has 1 saturated carbocycles. The monoisotopic (exact) mass is 322 g/mol. The molecule has 0 radical (unpaired) electrons. The lowest BCUT2D eigenvalue weighted by Gasteiger charge is -2.37. The van der Waals surface area contributed by atoms with Gasteiger partial charge in [0.1, 0.15) is 5.75 Å². The maximum Gasteiger partial charge on any atom is 0.274 e. The molecule has 1 aliphatic carbocycles. The minimum Gasteiger partial charge on any atom is -0.348 e. The van der Waals surface area contributed by atoms with Crippen LogP contribution in [-0.4, -0.2) is 20.8 Å². The van der Waals surface area contributed by atoms with E-state index in [1.807, 2.05) is 24.3 Å². The first kappa shape index (κ1) is 15.7. The van der Waals surface area contributed by atoms with Gasteiger partial charge in [-0.3, -0.25) is 0 Å². The van der Waals surface area contributed by atoms with Crippen LogP contribution in [0.4, 0.5) is 0 Å². The summed E-state index contributed by atoms with van der Waals surface area (Å²) in [5.41, 5.74) is 0.489. The van der Waals surface area contributed by atoms with Crippen molar-refractivity contribution in [3.05, 3.63) is 48.6 Å². The van der Waals surface area contributed by atoms with E-state index in [-0.39, 0.29) is 11.2 Å². The van der Waals surface area contributed by atoms with Gasteiger partial charge in [0.25, 0.3) is 10.1 Å². The molecule has 2 aliphatic rings. The van der Waals surface area contributed by atoms with Crippen molar-refractivity contribution >= 4 is 10.1 Å². The molecule has 1 aliphatic heterocycles. The summed E-state index contributed by atoms with van der Waals surface area (Å²) in [6, 6.07) is 9.10. The van der Waals surface area contributed by atoms with Crippen LogP contribution in [0.2, 0.25) is 0 Å². The molecule has 22 heavy (non-hydrogen) atoms. The summed E-state index contributed by atoms with van der Waals surface area (Å²) < 4.78 is 36.5. The third-order valence-corrected chi connectivity index (χ3v) is 6.08. The Labute approximate surface area is 132 Å². The second kappa shape index (κ2) is 5.80. The van der Waals surface area contributed by atoms with Crippen LogP contribution in [0.1, 0.15) is 37.7 Å². The third kappa shape index (κ3) is 2.73. The van der Waals surface area contributed by atoms with Gasteiger partial charge in [-0.15, -0.1) is 6.58 Å². The predicted molar refractivity (Wildman–Crippen MR) is 84.5 cm³/mol. The second-order valence-electron chi connectivity index (χ2n) is 6.25. The maximum absolute atomic E-state index is 12.5. The molecule has 2 fully saturated rings. The molecule has 5 heteroatoms. The lowest BCUT2D eigenvalue weighted by atomic mass is 9.77. The van der Waals surface area contributed by atoms with Crippen molar-refractivity contribution in [3.63, 3.8) is 0 Å². The lowest BCUT2D eigenvalue weighted by molar-refractivity contribution is -0.187. The molecule has 4 nitrogen and oxygen atoms in total. The maximum atomic E-state index is 12.5. The fraction of sp³-hybridized carbons (Fsp3) is 0.529. The average Bonchev–Trinajstić information content (AvgIpc) is 2.93. The molecule has 0 spiro atoms. The molecular formula is C17H22O4S. The van der Waals surface area contributed by atoms with E-state index in [9.17, 15) is 8.42 Å². The zero-order valence-corrected chi connectivity index (χ0v) is 13.5. The van der Waals surface area contributed by atoms with Crippen molar-refractivity contribution in [2.45, 2.75) is 43.6 Å². The molecule has 0 bridgehead atoms. The summed E-state index contributed by atoms with van der Waals surface area (Å²) in [4.78, 5) is 0. The van der Waals surface area contributed by atoms with E-state index in [2.05, 4.69) is 6.58 Å². The van der Waals surface area contributed by atoms with Crippen LogP contribution >= 0.6 is 0 Å². The van der Waals surface area contributed by atoms with Crippen molar-refractivity contribution in [2.75, 3.05) is 6.61 Å². The summed E-state index contributed by atoms with van der Waals surface area (Å²) in [6.07, 6.45) is 5.90. The molecule has 2 unspecified atom stereocenters. The van der Waals surface area contributed by atoms with E-state index < -0.39 is 15.9 Å². The van der Waals surface area contributed by atoms with E-state index in [1.165, 1.54) is 0 Å². The van der Waals surface area contributed by atoms with Crippen LogP contribution in [-0.2, 0) is 24.8 Å². The van der Waals surface area contributed by atoms with Gasteiger partial charge in [0.2, 0.25) is 0 Å². The van der Waals surface area contributed by atoms with E-state index >= 15 is 0 Å². The van der Waals surface area contributed by atoms with Gasteiger partial charge in [0.15, 0.2) is 5.79 Å². The summed E-state index contributed by atoms with van der Waals surface area (Å²) in [5, 5.41) is 0. The molecule has 0 amide bonds. The van der Waals surface area contributed by atoms with Gasteiger partial charge in [0, 0.05) is 11.8 Å². The Kier molecular flexibility index (Phi) is 4.14. The van der Waals surface area contributed by atoms with E-state index in [0.717, 1.165) is 31.2 Å². The van der Waals surface area contributed by atoms with Crippen LogP contribution in [0.5, 0.6) is 0 Å². The zero-order chi connectivity index (χ0) is 15.7. The highest BCUT2D eigenvalue weighted by atomic mass is 32.2. The summed E-state index contributed by atoms with van der Waals surface area (Å²) >= 11 is 0. The molecule has 0 aromatic heterocycles. The Hall–Kier alpha value is -1.17. The first-order valence-corrected chi connectivity index (χ1v) is 9.31. The normalized spacial score (nSPS) is 31.1. The van der Waals surface area contributed by atoms with Crippen molar-refractivity contribution in [1.82, 2.24) is 0 Å². The lowest BCUT2D eigenvalue weighted by Crippen LogP contribution is -2.44. The van der Waals surface area contributed by atoms with E-state index in [1.54, 1.807) is 12.1 Å². The van der Waals surface area contributed by atoms with Gasteiger partial charge in [-0.2, -0.15) is 8.42 Å². The highest BCUT2D eigenvalue weighted by molar-refractivity contribution is 7.85. The number of hydrogen-bond donors (Lipinski definition) is 0. The van der Waals surface area contributed by atoms with Crippen molar-refractivity contribution in [1.29, 1.82) is 0 Å². The van der Waals surface area contributed by atoms with E-state index in [4.69, 9.17) is 8.92 Å². The SMILES string of the molecule is C=CCC12CCCC1(OS(=O)(=O)Cc1ccccc1)OCC2. The van der Waals surface area contributed by atoms with Crippen molar-refractivity contribution in [3.8, 4) is 0 Å². The predicted octanol–water partition coefficient (Wildman–Crippen LogP) is 3.40. The standard InChI is InChI=1S/C17H22O4S/c1-2-9-16-10-6-11-17(16,20-13-12-16)21-22(18,19)14-15-7-4-3-5-8-15/h2-5,7-8H,1,6,9-14H2. The number of fused-ring (bicyclic) bond motifs is 1. The topological polar surface area (TPSA) is 52.6 Å². The summed E-state index contributed by atoms with van der Waals surface area (Å²) in [6.45, 7) is 4.36. The van der Waals surface area contributed by atoms with Crippen LogP contribution in [0, 0.1) is 5.41 Å². The van der Waals surface area contributed by atoms with Gasteiger partial charge in [-0.05, 0) is 31.2 Å². The Morgan fingerprint density at radius 3 is 2.73 bits per heavy atom. The minimum atomic E-state index is -3.70. The first-order chi connectivity index (χ1) is 10.5. The smallest absolute Gasteiger partial charge is 0.274 e. The zero-order valence-electron chi connectivity index (χ0n) is 12.7. The van der Waals surface area contributed by atoms with Gasteiger partial charge < -0.3 is 4.74 Å². The number of hydrogen-bond acceptors (Lipinski definition) is 4. The molecule has 1 heterocycles. The van der Waals surface area contributed by atoms with E-state index in [0.29, 0.717) is 13.0 Å². The van der Waals surface area contributed by atoms with Crippen molar-refractivity contribution in [2.24, 2.45) is 5.41 Å². The Morgan fingerprint density at radius 1 is 1.23 bits per heavy atom. The molecule has 1 saturated heterocycles. The fourth-order valence-corrected chi connectivity index (χ4v) is 5.25. The summed E-state index contributed by atoms with van der Waals surface area (Å²) in [5.74, 6) is -1.11. The number of rotatable bonds is 6. The van der Waals surface area contributed by atoms with Crippen LogP contribution < -0.4 is 0 Å². The molecule has 120 valence electrons. The Bertz CT molecular complexity index is 626. The first-order valence-electron chi connectivity index (χ1n) is 7.73. The van der Waals surface area contributed by atoms with Gasteiger partial charge >= 0.3 is 0 Å². The molecule has 3 rings (SSSR count). The molecule has 1 aromatic rings. The molecular weight excluding hydrogens is 300 g/mol. The summed E-state index contributed by atoms with van der Waals surface area (Å²) in [7, 11) is -3.70. The highest BCUT2D eigenvalue weighted by Gasteiger charge is 2.61. The largest absolute Gasteiger partial charge is 0.348 e.